The number of nitrogens with one attached hydrogen (secondary N) is 1. The van der Waals surface area contributed by atoms with Crippen LogP contribution in [0.25, 0.3) is 11.2 Å². The lowest BCUT2D eigenvalue weighted by Crippen LogP contribution is -2.06. The Kier molecular flexibility index (Phi) is 4.73. The van der Waals surface area contributed by atoms with Gasteiger partial charge in [-0.1, -0.05) is 24.3 Å². The van der Waals surface area contributed by atoms with E-state index < -0.39 is 0 Å². The Bertz CT molecular complexity index is 813. The highest BCUT2D eigenvalue weighted by molar-refractivity contribution is 6.28. The number of rotatable bonds is 6. The number of imidazole rings is 1. The van der Waals surface area contributed by atoms with E-state index in [1.165, 1.54) is 11.1 Å². The van der Waals surface area contributed by atoms with Crippen LogP contribution in [0.15, 0.2) is 30.6 Å². The summed E-state index contributed by atoms with van der Waals surface area (Å²) in [6, 6.07) is 8.37. The van der Waals surface area contributed by atoms with E-state index in [-0.39, 0.29) is 5.28 Å². The van der Waals surface area contributed by atoms with Gasteiger partial charge in [-0.25, -0.2) is 4.98 Å². The molecule has 2 aromatic heterocycles. The molecule has 0 radical (unpaired) electrons. The Morgan fingerprint density at radius 1 is 1.22 bits per heavy atom. The number of aromatic nitrogens is 4. The Hall–Kier alpha value is -2.18. The van der Waals surface area contributed by atoms with E-state index in [9.17, 15) is 0 Å². The smallest absolute Gasteiger partial charge is 0.226 e. The van der Waals surface area contributed by atoms with Crippen LogP contribution in [-0.2, 0) is 13.0 Å². The van der Waals surface area contributed by atoms with Crippen LogP contribution < -0.4 is 11.1 Å². The van der Waals surface area contributed by atoms with Gasteiger partial charge in [-0.15, -0.1) is 0 Å². The first kappa shape index (κ1) is 15.7. The first-order chi connectivity index (χ1) is 11.2. The van der Waals surface area contributed by atoms with Crippen molar-refractivity contribution in [2.75, 3.05) is 18.9 Å². The van der Waals surface area contributed by atoms with E-state index in [4.69, 9.17) is 17.3 Å². The van der Waals surface area contributed by atoms with Gasteiger partial charge < -0.3 is 15.6 Å². The minimum absolute atomic E-state index is 0.208. The van der Waals surface area contributed by atoms with Gasteiger partial charge in [0, 0.05) is 7.05 Å². The molecule has 6 nitrogen and oxygen atoms in total. The molecule has 23 heavy (non-hydrogen) atoms. The van der Waals surface area contributed by atoms with Crippen molar-refractivity contribution < 1.29 is 0 Å². The highest BCUT2D eigenvalue weighted by Crippen LogP contribution is 2.22. The zero-order valence-corrected chi connectivity index (χ0v) is 13.7. The van der Waals surface area contributed by atoms with Crippen molar-refractivity contribution in [2.45, 2.75) is 19.4 Å². The number of hydrogen-bond donors (Lipinski definition) is 2. The molecule has 0 atom stereocenters. The second kappa shape index (κ2) is 6.93. The predicted octanol–water partition coefficient (Wildman–Crippen LogP) is 2.46. The number of nitrogens with zero attached hydrogens (tertiary/aromatic N) is 4. The zero-order chi connectivity index (χ0) is 16.2. The van der Waals surface area contributed by atoms with Crippen LogP contribution in [0.2, 0.25) is 5.28 Å². The molecule has 0 aliphatic carbocycles. The van der Waals surface area contributed by atoms with Crippen molar-refractivity contribution in [2.24, 2.45) is 5.73 Å². The normalized spacial score (nSPS) is 11.1. The first-order valence-electron chi connectivity index (χ1n) is 7.56. The molecule has 1 aromatic carbocycles. The largest absolute Gasteiger partial charge is 0.371 e. The standard InChI is InChI=1S/C16H19ClN6/c1-19-14-13-15(22-16(17)21-14)23(10-20-13)9-12-6-3-2-5-11(12)7-4-8-18/h2-3,5-6,10H,4,7-9,18H2,1H3,(H,19,21,22). The molecule has 120 valence electrons. The molecular weight excluding hydrogens is 312 g/mol. The van der Waals surface area contributed by atoms with E-state index in [1.54, 1.807) is 13.4 Å². The number of nitrogens with two attached hydrogens (primary N) is 1. The number of fused-ring (bicyclic) bond motifs is 1. The molecule has 0 saturated heterocycles. The van der Waals surface area contributed by atoms with Crippen molar-refractivity contribution in [1.82, 2.24) is 19.5 Å². The molecular formula is C16H19ClN6. The fourth-order valence-corrected chi connectivity index (χ4v) is 2.80. The molecule has 3 aromatic rings. The summed E-state index contributed by atoms with van der Waals surface area (Å²) in [5.74, 6) is 0.634. The Morgan fingerprint density at radius 2 is 2.00 bits per heavy atom. The third kappa shape index (κ3) is 3.28. The summed E-state index contributed by atoms with van der Waals surface area (Å²) in [7, 11) is 1.79. The van der Waals surface area contributed by atoms with E-state index in [1.807, 2.05) is 10.6 Å². The molecule has 3 N–H and O–H groups in total. The second-order valence-electron chi connectivity index (χ2n) is 5.30. The number of anilines is 1. The summed E-state index contributed by atoms with van der Waals surface area (Å²) in [5, 5.41) is 3.21. The number of aryl methyl sites for hydroxylation is 1. The van der Waals surface area contributed by atoms with Crippen molar-refractivity contribution in [3.8, 4) is 0 Å². The average molecular weight is 331 g/mol. The third-order valence-corrected chi connectivity index (χ3v) is 3.95. The van der Waals surface area contributed by atoms with Gasteiger partial charge in [0.05, 0.1) is 12.9 Å². The van der Waals surface area contributed by atoms with E-state index >= 15 is 0 Å². The lowest BCUT2D eigenvalue weighted by Gasteiger charge is -2.10. The summed E-state index contributed by atoms with van der Waals surface area (Å²) >= 11 is 6.02. The molecule has 0 fully saturated rings. The second-order valence-corrected chi connectivity index (χ2v) is 5.63. The van der Waals surface area contributed by atoms with Crippen molar-refractivity contribution in [3.63, 3.8) is 0 Å². The maximum absolute atomic E-state index is 6.02. The van der Waals surface area contributed by atoms with Gasteiger partial charge in [0.2, 0.25) is 5.28 Å². The van der Waals surface area contributed by atoms with Gasteiger partial charge in [0.25, 0.3) is 0 Å². The van der Waals surface area contributed by atoms with Gasteiger partial charge in [0.15, 0.2) is 17.0 Å². The summed E-state index contributed by atoms with van der Waals surface area (Å²) < 4.78 is 1.99. The number of benzene rings is 1. The van der Waals surface area contributed by atoms with Crippen LogP contribution in [-0.4, -0.2) is 33.1 Å². The molecule has 2 heterocycles. The Balaban J connectivity index is 1.98. The molecule has 0 spiro atoms. The zero-order valence-electron chi connectivity index (χ0n) is 13.0. The van der Waals surface area contributed by atoms with E-state index in [2.05, 4.69) is 38.5 Å². The minimum atomic E-state index is 0.208. The fourth-order valence-electron chi connectivity index (χ4n) is 2.64. The fraction of sp³-hybridized carbons (Fsp3) is 0.312. The monoisotopic (exact) mass is 330 g/mol. The molecule has 3 rings (SSSR count). The number of hydrogen-bond acceptors (Lipinski definition) is 5. The maximum atomic E-state index is 6.02. The lowest BCUT2D eigenvalue weighted by molar-refractivity contribution is 0.777. The molecule has 0 bridgehead atoms. The predicted molar refractivity (Wildman–Crippen MR) is 92.8 cm³/mol. The lowest BCUT2D eigenvalue weighted by atomic mass is 10.0. The highest BCUT2D eigenvalue weighted by atomic mass is 35.5. The SMILES string of the molecule is CNc1nc(Cl)nc2c1ncn2Cc1ccccc1CCCN. The Labute approximate surface area is 139 Å². The van der Waals surface area contributed by atoms with Crippen LogP contribution in [0.5, 0.6) is 0 Å². The summed E-state index contributed by atoms with van der Waals surface area (Å²) in [4.78, 5) is 12.9. The number of halogens is 1. The summed E-state index contributed by atoms with van der Waals surface area (Å²) in [6.07, 6.45) is 3.71. The van der Waals surface area contributed by atoms with Crippen molar-refractivity contribution in [3.05, 3.63) is 47.0 Å². The van der Waals surface area contributed by atoms with Crippen LogP contribution in [0.4, 0.5) is 5.82 Å². The van der Waals surface area contributed by atoms with Gasteiger partial charge in [0.1, 0.15) is 0 Å². The minimum Gasteiger partial charge on any atom is -0.371 e. The molecule has 0 amide bonds. The average Bonchev–Trinajstić information content (AvgIpc) is 2.96. The van der Waals surface area contributed by atoms with E-state index in [0.29, 0.717) is 18.9 Å². The summed E-state index contributed by atoms with van der Waals surface area (Å²) in [5.41, 5.74) is 9.61. The molecule has 0 saturated carbocycles. The maximum Gasteiger partial charge on any atom is 0.226 e. The summed E-state index contributed by atoms with van der Waals surface area (Å²) in [6.45, 7) is 1.38. The molecule has 0 aliphatic rings. The Morgan fingerprint density at radius 3 is 2.74 bits per heavy atom. The molecule has 7 heteroatoms. The van der Waals surface area contributed by atoms with Crippen LogP contribution in [0.3, 0.4) is 0 Å². The van der Waals surface area contributed by atoms with Gasteiger partial charge >= 0.3 is 0 Å². The van der Waals surface area contributed by atoms with E-state index in [0.717, 1.165) is 24.0 Å². The first-order valence-corrected chi connectivity index (χ1v) is 7.93. The van der Waals surface area contributed by atoms with Gasteiger partial charge in [-0.2, -0.15) is 9.97 Å². The van der Waals surface area contributed by atoms with Gasteiger partial charge in [-0.3, -0.25) is 0 Å². The molecule has 0 unspecified atom stereocenters. The third-order valence-electron chi connectivity index (χ3n) is 3.78. The van der Waals surface area contributed by atoms with Crippen LogP contribution in [0.1, 0.15) is 17.5 Å². The quantitative estimate of drug-likeness (QED) is 0.678. The molecule has 0 aliphatic heterocycles. The van der Waals surface area contributed by atoms with Gasteiger partial charge in [-0.05, 0) is 42.1 Å². The highest BCUT2D eigenvalue weighted by Gasteiger charge is 2.12. The van der Waals surface area contributed by atoms with Crippen molar-refractivity contribution >= 4 is 28.6 Å². The topological polar surface area (TPSA) is 81.7 Å². The van der Waals surface area contributed by atoms with Crippen LogP contribution >= 0.6 is 11.6 Å². The van der Waals surface area contributed by atoms with Crippen LogP contribution in [0, 0.1) is 0 Å². The van der Waals surface area contributed by atoms with Crippen molar-refractivity contribution in [1.29, 1.82) is 0 Å².